The van der Waals surface area contributed by atoms with Crippen LogP contribution in [0, 0.1) is 0 Å². The van der Waals surface area contributed by atoms with E-state index < -0.39 is 87.8 Å². The molecule has 0 saturated carbocycles. The third-order valence-corrected chi connectivity index (χ3v) is 24.5. The molecule has 8 aromatic heterocycles. The number of aromatic hydroxyl groups is 3. The summed E-state index contributed by atoms with van der Waals surface area (Å²) in [6, 6.07) is 34.9. The van der Waals surface area contributed by atoms with Gasteiger partial charge in [-0.25, -0.2) is 33.7 Å². The highest BCUT2D eigenvalue weighted by Crippen LogP contribution is 2.44. The van der Waals surface area contributed by atoms with E-state index in [-0.39, 0.29) is 83.9 Å². The quantitative estimate of drug-likeness (QED) is 0.0193. The standard InChI is InChI=1S/2C20H20N4O7S.C20H20N4O6S.C19H18N4O6S/c1-29-15-8-12(10-24-7-3-6-21-24)9-16-17(15)20(22-31-16)23-32(27,28)19-13(11-25)4-5-14(26)18(19)30-2;1-29-15-5-3-4-13(11-25)19(15)32(27,28)23-20-18-16(30-2)6-12(7-17(18)31-22-20)9-24-10-14(26)8-21-24;1-28-15-6-3-5-14(12-25)19(15)31(26,27)23-20-18-16(29-2)9-13(10-17(18)30-22-20)11-24-8-4-7-21-24;1-28-15-8-12(10-23-7-3-6-20-23)9-16-17(15)19(21-29-16)22-30(26,27)18-13(11-24)4-2-5-14(18)25/h3-9,25-26H,10-11H2,1-2H3,(H,22,23);3-8,10,25-26H,9,11H2,1-2H3,(H,22,23);3-10,25H,11-12H2,1-2H3,(H,22,23);2-9,24-25H,10-11H2,1H3,(H,21,22). The van der Waals surface area contributed by atoms with Crippen LogP contribution in [0.25, 0.3) is 43.9 Å². The number of anilines is 4. The number of phenols is 2. The molecule has 125 heavy (non-hydrogen) atoms. The third-order valence-electron chi connectivity index (χ3n) is 18.6. The predicted octanol–water partition coefficient (Wildman–Crippen LogP) is 8.64. The van der Waals surface area contributed by atoms with E-state index in [0.717, 1.165) is 22.3 Å². The van der Waals surface area contributed by atoms with Crippen molar-refractivity contribution in [2.45, 2.75) is 72.2 Å². The van der Waals surface area contributed by atoms with Gasteiger partial charge < -0.3 is 87.0 Å². The molecule has 0 aliphatic heterocycles. The average Bonchev–Trinajstić information content (AvgIpc) is 1.71. The molecular formula is C79H78N16O26S4. The number of rotatable bonds is 31. The van der Waals surface area contributed by atoms with Crippen molar-refractivity contribution in [3.8, 4) is 57.5 Å². The van der Waals surface area contributed by atoms with Crippen molar-refractivity contribution in [1.82, 2.24) is 59.7 Å². The number of phenolic OH excluding ortho intramolecular Hbond substituents is 2. The molecule has 0 unspecified atom stereocenters. The van der Waals surface area contributed by atoms with Crippen LogP contribution in [0.2, 0.25) is 0 Å². The van der Waals surface area contributed by atoms with E-state index in [1.54, 1.807) is 112 Å². The normalized spacial score (nSPS) is 11.6. The third kappa shape index (κ3) is 19.2. The van der Waals surface area contributed by atoms with Gasteiger partial charge in [-0.1, -0.05) is 63.1 Å². The Morgan fingerprint density at radius 1 is 0.336 bits per heavy atom. The number of hydrogen-bond acceptors (Lipinski definition) is 34. The minimum atomic E-state index is -4.35. The highest BCUT2D eigenvalue weighted by molar-refractivity contribution is 7.93. The van der Waals surface area contributed by atoms with E-state index in [1.165, 1.54) is 121 Å². The summed E-state index contributed by atoms with van der Waals surface area (Å²) in [5.74, 6) is 0.121. The summed E-state index contributed by atoms with van der Waals surface area (Å²) in [4.78, 5) is -1.22. The van der Waals surface area contributed by atoms with Crippen molar-refractivity contribution >= 4 is 107 Å². The molecule has 16 aromatic rings. The number of aliphatic hydroxyl groups excluding tert-OH is 4. The van der Waals surface area contributed by atoms with Crippen LogP contribution in [0.3, 0.4) is 0 Å². The van der Waals surface area contributed by atoms with E-state index in [9.17, 15) is 69.4 Å². The maximum Gasteiger partial charge on any atom is 0.267 e. The number of nitrogens with one attached hydrogen (secondary N) is 4. The van der Waals surface area contributed by atoms with E-state index in [4.69, 9.17) is 51.3 Å². The lowest BCUT2D eigenvalue weighted by Crippen LogP contribution is -2.17. The van der Waals surface area contributed by atoms with Gasteiger partial charge in [0.1, 0.15) is 81.4 Å². The molecule has 0 bridgehead atoms. The minimum Gasteiger partial charge on any atom is -0.507 e. The lowest BCUT2D eigenvalue weighted by molar-refractivity contribution is 0.275. The predicted molar refractivity (Wildman–Crippen MR) is 445 cm³/mol. The first kappa shape index (κ1) is 88.1. The molecule has 0 fully saturated rings. The Morgan fingerprint density at radius 3 is 0.952 bits per heavy atom. The van der Waals surface area contributed by atoms with E-state index >= 15 is 0 Å². The Hall–Kier alpha value is -14.7. The summed E-state index contributed by atoms with van der Waals surface area (Å²) < 4.78 is 180. The lowest BCUT2D eigenvalue weighted by Gasteiger charge is -2.15. The molecule has 8 aromatic carbocycles. The van der Waals surface area contributed by atoms with Crippen LogP contribution in [0.1, 0.15) is 44.5 Å². The first-order valence-corrected chi connectivity index (χ1v) is 42.6. The number of methoxy groups -OCH3 is 7. The maximum absolute atomic E-state index is 13.2. The van der Waals surface area contributed by atoms with E-state index in [1.807, 2.05) is 18.5 Å². The monoisotopic (exact) mass is 1790 g/mol. The summed E-state index contributed by atoms with van der Waals surface area (Å²) in [6.07, 6.45) is 13.2. The van der Waals surface area contributed by atoms with Crippen molar-refractivity contribution in [3.05, 3.63) is 228 Å². The zero-order valence-corrected chi connectivity index (χ0v) is 70.1. The van der Waals surface area contributed by atoms with Crippen LogP contribution in [0.4, 0.5) is 23.3 Å². The molecule has 0 radical (unpaired) electrons. The molecule has 42 nitrogen and oxygen atoms in total. The number of fused-ring (bicyclic) bond motifs is 4. The van der Waals surface area contributed by atoms with Crippen molar-refractivity contribution in [1.29, 1.82) is 0 Å². The highest BCUT2D eigenvalue weighted by Gasteiger charge is 2.33. The van der Waals surface area contributed by atoms with Crippen LogP contribution in [-0.2, 0) is 92.7 Å². The number of aliphatic hydroxyl groups is 4. The van der Waals surface area contributed by atoms with E-state index in [0.29, 0.717) is 87.5 Å². The second-order valence-corrected chi connectivity index (χ2v) is 33.1. The Bertz CT molecular complexity index is 6980. The van der Waals surface area contributed by atoms with Crippen molar-refractivity contribution < 1.29 is 121 Å². The molecule has 8 heterocycles. The lowest BCUT2D eigenvalue weighted by atomic mass is 10.1. The zero-order chi connectivity index (χ0) is 89.1. The van der Waals surface area contributed by atoms with Gasteiger partial charge in [-0.15, -0.1) is 0 Å². The molecular weight excluding hydrogens is 1720 g/mol. The fourth-order valence-corrected chi connectivity index (χ4v) is 18.8. The van der Waals surface area contributed by atoms with Gasteiger partial charge in [0.25, 0.3) is 40.1 Å². The molecule has 16 rings (SSSR count). The number of ether oxygens (including phenoxy) is 7. The second-order valence-electron chi connectivity index (χ2n) is 26.6. The molecule has 0 spiro atoms. The molecule has 0 aliphatic carbocycles. The van der Waals surface area contributed by atoms with Crippen molar-refractivity contribution in [3.63, 3.8) is 0 Å². The van der Waals surface area contributed by atoms with Crippen LogP contribution < -0.4 is 52.0 Å². The summed E-state index contributed by atoms with van der Waals surface area (Å²) in [6.45, 7) is -0.440. The number of nitrogens with zero attached hydrogens (tertiary/aromatic N) is 12. The number of sulfonamides is 4. The first-order valence-electron chi connectivity index (χ1n) is 36.7. The van der Waals surface area contributed by atoms with Crippen LogP contribution in [0.15, 0.2) is 221 Å². The van der Waals surface area contributed by atoms with Gasteiger partial charge >= 0.3 is 0 Å². The number of benzene rings is 8. The molecule has 11 N–H and O–H groups in total. The summed E-state index contributed by atoms with van der Waals surface area (Å²) >= 11 is 0. The van der Waals surface area contributed by atoms with Crippen molar-refractivity contribution in [2.75, 3.05) is 68.7 Å². The SMILES string of the molecule is COc1c(O)ccc(CO)c1S(=O)(=O)Nc1noc2cc(Cn3cccn3)cc(OC)c12.COc1cc(Cn2cccn2)cc2onc(NS(=O)(=O)c3c(O)cccc3CO)c12.COc1cccc(CO)c1S(=O)(=O)Nc1noc2cc(Cn3cc(O)cn3)cc(OC)c12.COc1cccc(CO)c1S(=O)(=O)Nc1noc2cc(Cn3cccn3)cc(OC)c12. The fraction of sp³-hybridized carbons (Fsp3) is 0.190. The minimum absolute atomic E-state index is 0.0349. The number of aromatic nitrogens is 12. The summed E-state index contributed by atoms with van der Waals surface area (Å²) in [7, 11) is -7.27. The van der Waals surface area contributed by atoms with Gasteiger partial charge in [0, 0.05) is 59.4 Å². The van der Waals surface area contributed by atoms with Gasteiger partial charge in [0.2, 0.25) is 0 Å². The van der Waals surface area contributed by atoms with E-state index in [2.05, 4.69) is 59.9 Å². The van der Waals surface area contributed by atoms with Gasteiger partial charge in [0.05, 0.1) is 115 Å². The molecule has 0 amide bonds. The van der Waals surface area contributed by atoms with Gasteiger partial charge in [0.15, 0.2) is 62.9 Å². The average molecular weight is 1800 g/mol. The topological polar surface area (TPSA) is 566 Å². The zero-order valence-electron chi connectivity index (χ0n) is 66.9. The Balaban J connectivity index is 0.000000143. The highest BCUT2D eigenvalue weighted by atomic mass is 32.2. The maximum atomic E-state index is 13.2. The van der Waals surface area contributed by atoms with Crippen LogP contribution >= 0.6 is 0 Å². The first-order chi connectivity index (χ1) is 60.1. The molecule has 0 aliphatic rings. The van der Waals surface area contributed by atoms with Crippen molar-refractivity contribution in [2.24, 2.45) is 0 Å². The Morgan fingerprint density at radius 2 is 0.648 bits per heavy atom. The second kappa shape index (κ2) is 37.8. The van der Waals surface area contributed by atoms with Gasteiger partial charge in [-0.2, -0.15) is 20.4 Å². The summed E-state index contributed by atoms with van der Waals surface area (Å²) in [5, 5.41) is 101. The molecule has 46 heteroatoms. The largest absolute Gasteiger partial charge is 0.507 e. The fourth-order valence-electron chi connectivity index (χ4n) is 13.2. The molecule has 654 valence electrons. The smallest absolute Gasteiger partial charge is 0.267 e. The Kier molecular flexibility index (Phi) is 26.6. The summed E-state index contributed by atoms with van der Waals surface area (Å²) in [5.41, 5.74) is 4.88. The van der Waals surface area contributed by atoms with Crippen LogP contribution in [0.5, 0.6) is 57.5 Å². The van der Waals surface area contributed by atoms with Gasteiger partial charge in [-0.05, 0) is 113 Å². The molecule has 0 saturated heterocycles. The number of hydrogen-bond donors (Lipinski definition) is 11. The van der Waals surface area contributed by atoms with Crippen LogP contribution in [-0.4, -0.2) is 179 Å². The Labute approximate surface area is 709 Å². The van der Waals surface area contributed by atoms with Gasteiger partial charge in [-0.3, -0.25) is 37.6 Å². The molecule has 0 atom stereocenters.